The summed E-state index contributed by atoms with van der Waals surface area (Å²) in [6.45, 7) is 0.612. The Morgan fingerprint density at radius 3 is 2.95 bits per heavy atom. The molecule has 0 aliphatic carbocycles. The Morgan fingerprint density at radius 2 is 2.26 bits per heavy atom. The average Bonchev–Trinajstić information content (AvgIpc) is 2.87. The summed E-state index contributed by atoms with van der Waals surface area (Å²) in [6.07, 6.45) is 1.42. The van der Waals surface area contributed by atoms with Gasteiger partial charge >= 0.3 is 5.97 Å². The van der Waals surface area contributed by atoms with Gasteiger partial charge in [-0.05, 0) is 12.1 Å². The second-order valence-electron chi connectivity index (χ2n) is 3.59. The number of hydrogen-bond acceptors (Lipinski definition) is 5. The summed E-state index contributed by atoms with van der Waals surface area (Å²) in [5.74, 6) is -0.648. The minimum absolute atomic E-state index is 0.0888. The van der Waals surface area contributed by atoms with Gasteiger partial charge in [-0.15, -0.1) is 5.10 Å². The van der Waals surface area contributed by atoms with Crippen molar-refractivity contribution < 1.29 is 14.6 Å². The van der Waals surface area contributed by atoms with Crippen molar-refractivity contribution in [3.8, 4) is 11.8 Å². The second-order valence-corrected chi connectivity index (χ2v) is 3.59. The standard InChI is InChI=1S/C12H10N4O3/c13-7-11-14-8-16(15-11)5-6-19-10-4-2-1-3-9(10)12(17)18/h1-4,8H,5-6H2,(H,17,18). The summed E-state index contributed by atoms with van der Waals surface area (Å²) in [7, 11) is 0. The summed E-state index contributed by atoms with van der Waals surface area (Å²) in [4.78, 5) is 14.7. The van der Waals surface area contributed by atoms with Crippen molar-refractivity contribution in [3.05, 3.63) is 42.0 Å². The van der Waals surface area contributed by atoms with Crippen molar-refractivity contribution in [3.63, 3.8) is 0 Å². The van der Waals surface area contributed by atoms with Gasteiger partial charge in [0.25, 0.3) is 5.82 Å². The van der Waals surface area contributed by atoms with Gasteiger partial charge in [0.2, 0.25) is 0 Å². The van der Waals surface area contributed by atoms with Crippen molar-refractivity contribution in [2.75, 3.05) is 6.61 Å². The zero-order valence-electron chi connectivity index (χ0n) is 9.85. The molecule has 0 spiro atoms. The van der Waals surface area contributed by atoms with Crippen LogP contribution < -0.4 is 4.74 Å². The summed E-state index contributed by atoms with van der Waals surface area (Å²) in [5.41, 5.74) is 0.110. The molecule has 0 saturated heterocycles. The number of carboxylic acid groups (broad SMARTS) is 1. The minimum atomic E-state index is -1.04. The molecule has 1 heterocycles. The molecule has 7 heteroatoms. The summed E-state index contributed by atoms with van der Waals surface area (Å²) in [5, 5.41) is 21.4. The Hall–Kier alpha value is -2.88. The van der Waals surface area contributed by atoms with Crippen molar-refractivity contribution in [2.45, 2.75) is 6.54 Å². The number of hydrogen-bond donors (Lipinski definition) is 1. The maximum absolute atomic E-state index is 11.0. The Labute approximate surface area is 108 Å². The fourth-order valence-electron chi connectivity index (χ4n) is 1.47. The molecule has 0 unspecified atom stereocenters. The molecular weight excluding hydrogens is 248 g/mol. The lowest BCUT2D eigenvalue weighted by Gasteiger charge is -2.08. The van der Waals surface area contributed by atoms with E-state index in [1.165, 1.54) is 17.1 Å². The smallest absolute Gasteiger partial charge is 0.339 e. The molecule has 2 rings (SSSR count). The molecule has 19 heavy (non-hydrogen) atoms. The number of benzene rings is 1. The minimum Gasteiger partial charge on any atom is -0.491 e. The van der Waals surface area contributed by atoms with E-state index in [9.17, 15) is 4.79 Å². The molecule has 96 valence electrons. The molecule has 0 amide bonds. The lowest BCUT2D eigenvalue weighted by atomic mass is 10.2. The third-order valence-corrected chi connectivity index (χ3v) is 2.33. The van der Waals surface area contributed by atoms with E-state index in [2.05, 4.69) is 10.1 Å². The largest absolute Gasteiger partial charge is 0.491 e. The van der Waals surface area contributed by atoms with Crippen LogP contribution in [0.15, 0.2) is 30.6 Å². The maximum atomic E-state index is 11.0. The molecule has 7 nitrogen and oxygen atoms in total. The number of aromatic nitrogens is 3. The monoisotopic (exact) mass is 258 g/mol. The highest BCUT2D eigenvalue weighted by Crippen LogP contribution is 2.17. The van der Waals surface area contributed by atoms with Gasteiger partial charge in [0.1, 0.15) is 30.3 Å². The maximum Gasteiger partial charge on any atom is 0.339 e. The summed E-state index contributed by atoms with van der Waals surface area (Å²) >= 11 is 0. The quantitative estimate of drug-likeness (QED) is 0.855. The lowest BCUT2D eigenvalue weighted by Crippen LogP contribution is -2.10. The first-order valence-corrected chi connectivity index (χ1v) is 5.45. The zero-order chi connectivity index (χ0) is 13.7. The highest BCUT2D eigenvalue weighted by molar-refractivity contribution is 5.90. The number of carbonyl (C=O) groups is 1. The van der Waals surface area contributed by atoms with E-state index in [0.717, 1.165) is 0 Å². The van der Waals surface area contributed by atoms with Gasteiger partial charge in [-0.1, -0.05) is 12.1 Å². The highest BCUT2D eigenvalue weighted by Gasteiger charge is 2.09. The van der Waals surface area contributed by atoms with Crippen LogP contribution in [0, 0.1) is 11.3 Å². The summed E-state index contributed by atoms with van der Waals surface area (Å²) < 4.78 is 6.85. The van der Waals surface area contributed by atoms with Crippen molar-refractivity contribution in [1.82, 2.24) is 14.8 Å². The number of nitriles is 1. The molecule has 0 aliphatic heterocycles. The van der Waals surface area contributed by atoms with Crippen LogP contribution in [-0.2, 0) is 6.54 Å². The molecule has 0 atom stereocenters. The molecule has 0 radical (unpaired) electrons. The van der Waals surface area contributed by atoms with Crippen LogP contribution in [-0.4, -0.2) is 32.4 Å². The number of nitrogens with zero attached hydrogens (tertiary/aromatic N) is 4. The molecular formula is C12H10N4O3. The van der Waals surface area contributed by atoms with Crippen molar-refractivity contribution in [1.29, 1.82) is 5.26 Å². The number of ether oxygens (including phenoxy) is 1. The van der Waals surface area contributed by atoms with Crippen LogP contribution >= 0.6 is 0 Å². The Kier molecular flexibility index (Phi) is 3.73. The first-order valence-electron chi connectivity index (χ1n) is 5.45. The molecule has 1 aromatic heterocycles. The number of carboxylic acids is 1. The van der Waals surface area contributed by atoms with E-state index in [1.54, 1.807) is 18.2 Å². The first kappa shape index (κ1) is 12.6. The van der Waals surface area contributed by atoms with Gasteiger partial charge in [0.15, 0.2) is 0 Å². The lowest BCUT2D eigenvalue weighted by molar-refractivity contribution is 0.0692. The van der Waals surface area contributed by atoms with Gasteiger partial charge in [0, 0.05) is 0 Å². The van der Waals surface area contributed by atoms with Gasteiger partial charge in [-0.25, -0.2) is 14.5 Å². The van der Waals surface area contributed by atoms with E-state index in [0.29, 0.717) is 12.3 Å². The fourth-order valence-corrected chi connectivity index (χ4v) is 1.47. The van der Waals surface area contributed by atoms with Gasteiger partial charge in [-0.3, -0.25) is 0 Å². The van der Waals surface area contributed by atoms with Crippen LogP contribution in [0.4, 0.5) is 0 Å². The predicted octanol–water partition coefficient (Wildman–Crippen LogP) is 0.927. The number of rotatable bonds is 5. The van der Waals surface area contributed by atoms with E-state index in [-0.39, 0.29) is 18.0 Å². The number of para-hydroxylation sites is 1. The molecule has 0 aliphatic rings. The topological polar surface area (TPSA) is 101 Å². The Bertz CT molecular complexity index is 630. The van der Waals surface area contributed by atoms with E-state index < -0.39 is 5.97 Å². The molecule has 1 aromatic carbocycles. The third-order valence-electron chi connectivity index (χ3n) is 2.33. The molecule has 0 bridgehead atoms. The highest BCUT2D eigenvalue weighted by atomic mass is 16.5. The van der Waals surface area contributed by atoms with Gasteiger partial charge < -0.3 is 9.84 Å². The van der Waals surface area contributed by atoms with Crippen molar-refractivity contribution >= 4 is 5.97 Å². The predicted molar refractivity (Wildman–Crippen MR) is 63.6 cm³/mol. The normalized spacial score (nSPS) is 9.84. The van der Waals surface area contributed by atoms with Crippen LogP contribution in [0.1, 0.15) is 16.2 Å². The fraction of sp³-hybridized carbons (Fsp3) is 0.167. The van der Waals surface area contributed by atoms with Gasteiger partial charge in [0.05, 0.1) is 6.54 Å². The first-order chi connectivity index (χ1) is 9.20. The third kappa shape index (κ3) is 3.07. The molecule has 2 aromatic rings. The number of aromatic carboxylic acids is 1. The van der Waals surface area contributed by atoms with Crippen LogP contribution in [0.5, 0.6) is 5.75 Å². The van der Waals surface area contributed by atoms with Crippen molar-refractivity contribution in [2.24, 2.45) is 0 Å². The second kappa shape index (κ2) is 5.64. The Balaban J connectivity index is 1.96. The molecule has 0 fully saturated rings. The van der Waals surface area contributed by atoms with E-state index in [4.69, 9.17) is 15.1 Å². The van der Waals surface area contributed by atoms with E-state index >= 15 is 0 Å². The molecule has 1 N–H and O–H groups in total. The average molecular weight is 258 g/mol. The molecule has 0 saturated carbocycles. The van der Waals surface area contributed by atoms with Crippen LogP contribution in [0.25, 0.3) is 0 Å². The van der Waals surface area contributed by atoms with E-state index in [1.807, 2.05) is 6.07 Å². The van der Waals surface area contributed by atoms with Crippen LogP contribution in [0.3, 0.4) is 0 Å². The van der Waals surface area contributed by atoms with Gasteiger partial charge in [-0.2, -0.15) is 5.26 Å². The summed E-state index contributed by atoms with van der Waals surface area (Å²) in [6, 6.07) is 8.21. The SMILES string of the molecule is N#Cc1ncn(CCOc2ccccc2C(=O)O)n1. The zero-order valence-corrected chi connectivity index (χ0v) is 9.85. The Morgan fingerprint density at radius 1 is 1.47 bits per heavy atom. The van der Waals surface area contributed by atoms with Crippen LogP contribution in [0.2, 0.25) is 0 Å².